The smallest absolute Gasteiger partial charge is 0.247 e. The predicted octanol–water partition coefficient (Wildman–Crippen LogP) is 4.32. The lowest BCUT2D eigenvalue weighted by atomic mass is 10.2. The molecule has 35 heavy (non-hydrogen) atoms. The van der Waals surface area contributed by atoms with Gasteiger partial charge in [-0.25, -0.2) is 13.8 Å². The lowest BCUT2D eigenvalue weighted by molar-refractivity contribution is -0.111. The van der Waals surface area contributed by atoms with Gasteiger partial charge in [-0.15, -0.1) is 0 Å². The van der Waals surface area contributed by atoms with Crippen molar-refractivity contribution < 1.29 is 13.6 Å². The van der Waals surface area contributed by atoms with E-state index in [0.29, 0.717) is 17.9 Å². The van der Waals surface area contributed by atoms with Crippen LogP contribution in [0.5, 0.6) is 0 Å². The number of hydrogen-bond donors (Lipinski definition) is 3. The molecular weight excluding hydrogens is 452 g/mol. The quantitative estimate of drug-likeness (QED) is 0.394. The minimum Gasteiger partial charge on any atom is -0.369 e. The molecule has 4 rings (SSSR count). The molecule has 0 aliphatic carbocycles. The van der Waals surface area contributed by atoms with Gasteiger partial charge in [-0.3, -0.25) is 9.69 Å². The lowest BCUT2D eigenvalue weighted by Gasteiger charge is -2.35. The number of carbonyl (C=O) groups excluding carboxylic acids is 1. The molecule has 1 amide bonds. The van der Waals surface area contributed by atoms with Crippen molar-refractivity contribution in [3.8, 4) is 0 Å². The number of hydrogen-bond acceptors (Lipinski definition) is 7. The van der Waals surface area contributed by atoms with Gasteiger partial charge in [0.15, 0.2) is 11.6 Å². The van der Waals surface area contributed by atoms with Crippen LogP contribution in [0.15, 0.2) is 67.4 Å². The topological polar surface area (TPSA) is 85.4 Å². The van der Waals surface area contributed by atoms with Gasteiger partial charge in [-0.05, 0) is 48.5 Å². The van der Waals surface area contributed by atoms with Gasteiger partial charge in [0.1, 0.15) is 6.67 Å². The number of nitrogens with one attached hydrogen (secondary N) is 3. The van der Waals surface area contributed by atoms with Crippen LogP contribution >= 0.6 is 0 Å². The van der Waals surface area contributed by atoms with E-state index in [1.165, 1.54) is 6.08 Å². The summed E-state index contributed by atoms with van der Waals surface area (Å²) in [6, 6.07) is 14.6. The van der Waals surface area contributed by atoms with E-state index >= 15 is 0 Å². The molecule has 1 aliphatic rings. The van der Waals surface area contributed by atoms with Crippen molar-refractivity contribution >= 4 is 40.4 Å². The Kier molecular flexibility index (Phi) is 7.84. The zero-order valence-electron chi connectivity index (χ0n) is 19.2. The van der Waals surface area contributed by atoms with Crippen molar-refractivity contribution in [2.24, 2.45) is 0 Å². The summed E-state index contributed by atoms with van der Waals surface area (Å²) in [5.41, 5.74) is 2.93. The molecule has 1 aromatic heterocycles. The Labute approximate surface area is 202 Å². The number of aromatic nitrogens is 2. The predicted molar refractivity (Wildman–Crippen MR) is 135 cm³/mol. The molecule has 0 atom stereocenters. The zero-order chi connectivity index (χ0) is 24.6. The minimum absolute atomic E-state index is 0.00234. The molecule has 8 nitrogen and oxygen atoms in total. The Morgan fingerprint density at radius 1 is 1.03 bits per heavy atom. The van der Waals surface area contributed by atoms with Gasteiger partial charge in [0, 0.05) is 55.5 Å². The van der Waals surface area contributed by atoms with Gasteiger partial charge in [-0.1, -0.05) is 12.6 Å². The largest absolute Gasteiger partial charge is 0.369 e. The maximum Gasteiger partial charge on any atom is 0.247 e. The average Bonchev–Trinajstić information content (AvgIpc) is 2.87. The third kappa shape index (κ3) is 6.51. The van der Waals surface area contributed by atoms with E-state index in [-0.39, 0.29) is 24.3 Å². The second kappa shape index (κ2) is 11.4. The van der Waals surface area contributed by atoms with Gasteiger partial charge in [0.25, 0.3) is 0 Å². The third-order valence-electron chi connectivity index (χ3n) is 5.58. The lowest BCUT2D eigenvalue weighted by Crippen LogP contribution is -2.47. The van der Waals surface area contributed by atoms with E-state index in [0.717, 1.165) is 43.8 Å². The van der Waals surface area contributed by atoms with Crippen molar-refractivity contribution in [1.29, 1.82) is 0 Å². The molecule has 182 valence electrons. The maximum atomic E-state index is 14.4. The summed E-state index contributed by atoms with van der Waals surface area (Å²) >= 11 is 0. The number of rotatable bonds is 9. The van der Waals surface area contributed by atoms with E-state index in [1.54, 1.807) is 24.3 Å². The number of carbonyl (C=O) groups is 1. The second-order valence-electron chi connectivity index (χ2n) is 7.98. The zero-order valence-corrected chi connectivity index (χ0v) is 19.2. The molecule has 10 heteroatoms. The van der Waals surface area contributed by atoms with Crippen LogP contribution in [0.2, 0.25) is 0 Å². The first-order chi connectivity index (χ1) is 17.0. The van der Waals surface area contributed by atoms with Crippen LogP contribution in [0.3, 0.4) is 0 Å². The Bertz CT molecular complexity index is 1160. The number of benzene rings is 2. The number of alkyl halides is 1. The first kappa shape index (κ1) is 24.1. The van der Waals surface area contributed by atoms with Crippen molar-refractivity contribution in [2.75, 3.05) is 60.2 Å². The van der Waals surface area contributed by atoms with Crippen LogP contribution in [-0.2, 0) is 4.79 Å². The molecule has 0 bridgehead atoms. The molecule has 3 N–H and O–H groups in total. The minimum atomic E-state index is -0.613. The summed E-state index contributed by atoms with van der Waals surface area (Å²) in [4.78, 5) is 24.2. The van der Waals surface area contributed by atoms with Crippen LogP contribution in [-0.4, -0.2) is 60.2 Å². The number of halogens is 2. The Morgan fingerprint density at radius 2 is 1.77 bits per heavy atom. The van der Waals surface area contributed by atoms with Crippen molar-refractivity contribution in [2.45, 2.75) is 0 Å². The molecule has 1 saturated heterocycles. The van der Waals surface area contributed by atoms with E-state index in [2.05, 4.69) is 42.3 Å². The summed E-state index contributed by atoms with van der Waals surface area (Å²) in [7, 11) is 0. The SMILES string of the molecule is C=CC(=O)Nc1cccc(Nc2nc(Nc3ccc(N4CCN(CCF)CC4)cc3)ncc2F)c1. The first-order valence-electron chi connectivity index (χ1n) is 11.3. The van der Waals surface area contributed by atoms with Crippen LogP contribution in [0.1, 0.15) is 0 Å². The molecule has 3 aromatic rings. The van der Waals surface area contributed by atoms with Crippen molar-refractivity contribution in [3.63, 3.8) is 0 Å². The summed E-state index contributed by atoms with van der Waals surface area (Å²) in [6.45, 7) is 6.97. The number of amides is 1. The fourth-order valence-corrected chi connectivity index (χ4v) is 3.75. The van der Waals surface area contributed by atoms with Crippen LogP contribution in [0.25, 0.3) is 0 Å². The first-order valence-corrected chi connectivity index (χ1v) is 11.3. The Balaban J connectivity index is 1.40. The fourth-order valence-electron chi connectivity index (χ4n) is 3.75. The molecule has 2 aromatic carbocycles. The van der Waals surface area contributed by atoms with Gasteiger partial charge < -0.3 is 20.9 Å². The van der Waals surface area contributed by atoms with Crippen molar-refractivity contribution in [3.05, 3.63) is 73.2 Å². The number of anilines is 6. The molecular formula is C25H27F2N7O. The highest BCUT2D eigenvalue weighted by Crippen LogP contribution is 2.24. The highest BCUT2D eigenvalue weighted by atomic mass is 19.1. The highest BCUT2D eigenvalue weighted by Gasteiger charge is 2.17. The molecule has 0 unspecified atom stereocenters. The summed E-state index contributed by atoms with van der Waals surface area (Å²) in [6.07, 6.45) is 2.26. The number of piperazine rings is 1. The fraction of sp³-hybridized carbons (Fsp3) is 0.240. The molecule has 1 aliphatic heterocycles. The van der Waals surface area contributed by atoms with Crippen LogP contribution in [0, 0.1) is 5.82 Å². The second-order valence-corrected chi connectivity index (χ2v) is 7.98. The van der Waals surface area contributed by atoms with E-state index in [4.69, 9.17) is 0 Å². The van der Waals surface area contributed by atoms with Gasteiger partial charge in [-0.2, -0.15) is 4.98 Å². The highest BCUT2D eigenvalue weighted by molar-refractivity contribution is 5.99. The maximum absolute atomic E-state index is 14.4. The molecule has 2 heterocycles. The molecule has 0 saturated carbocycles. The van der Waals surface area contributed by atoms with Gasteiger partial charge in [0.2, 0.25) is 11.9 Å². The molecule has 0 spiro atoms. The number of nitrogens with zero attached hydrogens (tertiary/aromatic N) is 4. The third-order valence-corrected chi connectivity index (χ3v) is 5.58. The molecule has 0 radical (unpaired) electrons. The summed E-state index contributed by atoms with van der Waals surface area (Å²) < 4.78 is 26.9. The van der Waals surface area contributed by atoms with Crippen LogP contribution < -0.4 is 20.9 Å². The van der Waals surface area contributed by atoms with Crippen LogP contribution in [0.4, 0.5) is 43.3 Å². The van der Waals surface area contributed by atoms with E-state index in [9.17, 15) is 13.6 Å². The monoisotopic (exact) mass is 479 g/mol. The standard InChI is InChI=1S/C25H27F2N7O/c1-2-23(35)29-19-4-3-5-20(16-19)30-24-22(27)17-28-25(32-24)31-18-6-8-21(9-7-18)34-14-12-33(11-10-26)13-15-34/h2-9,16-17H,1,10-15H2,(H,29,35)(H2,28,30,31,32). The van der Waals surface area contributed by atoms with Gasteiger partial charge >= 0.3 is 0 Å². The average molecular weight is 480 g/mol. The van der Waals surface area contributed by atoms with E-state index < -0.39 is 5.82 Å². The van der Waals surface area contributed by atoms with Crippen molar-refractivity contribution in [1.82, 2.24) is 14.9 Å². The summed E-state index contributed by atoms with van der Waals surface area (Å²) in [5, 5.41) is 8.66. The Hall–Kier alpha value is -4.05. The summed E-state index contributed by atoms with van der Waals surface area (Å²) in [5.74, 6) is -0.722. The normalized spacial score (nSPS) is 13.8. The Morgan fingerprint density at radius 3 is 2.49 bits per heavy atom. The van der Waals surface area contributed by atoms with E-state index in [1.807, 2.05) is 24.3 Å². The van der Waals surface area contributed by atoms with Gasteiger partial charge in [0.05, 0.1) is 6.20 Å². The molecule has 1 fully saturated rings.